The van der Waals surface area contributed by atoms with E-state index in [4.69, 9.17) is 9.47 Å². The number of benzene rings is 4. The predicted octanol–water partition coefficient (Wildman–Crippen LogP) is 6.75. The Bertz CT molecular complexity index is 1530. The van der Waals surface area contributed by atoms with Crippen molar-refractivity contribution in [2.24, 2.45) is 5.92 Å². The minimum atomic E-state index is -0.537. The van der Waals surface area contributed by atoms with Gasteiger partial charge >= 0.3 is 6.03 Å². The molecule has 234 valence electrons. The third-order valence-electron chi connectivity index (χ3n) is 8.30. The van der Waals surface area contributed by atoms with Gasteiger partial charge in [-0.1, -0.05) is 116 Å². The molecule has 45 heavy (non-hydrogen) atoms. The van der Waals surface area contributed by atoms with Gasteiger partial charge < -0.3 is 30.1 Å². The number of hydrogen-bond acceptors (Lipinski definition) is 5. The Morgan fingerprint density at radius 2 is 1.51 bits per heavy atom. The van der Waals surface area contributed by atoms with Crippen molar-refractivity contribution >= 4 is 6.03 Å². The molecule has 0 radical (unpaired) electrons. The van der Waals surface area contributed by atoms with Crippen LogP contribution >= 0.6 is 0 Å². The van der Waals surface area contributed by atoms with Gasteiger partial charge in [0.1, 0.15) is 0 Å². The average Bonchev–Trinajstić information content (AvgIpc) is 3.08. The molecule has 0 aliphatic carbocycles. The third-order valence-corrected chi connectivity index (χ3v) is 8.30. The highest BCUT2D eigenvalue weighted by Crippen LogP contribution is 2.42. The lowest BCUT2D eigenvalue weighted by Crippen LogP contribution is -2.43. The van der Waals surface area contributed by atoms with Gasteiger partial charge in [-0.15, -0.1) is 6.58 Å². The topological polar surface area (TPSA) is 83.1 Å². The lowest BCUT2D eigenvalue weighted by atomic mass is 9.90. The average molecular weight is 606 g/mol. The quantitative estimate of drug-likeness (QED) is 0.156. The summed E-state index contributed by atoms with van der Waals surface area (Å²) in [7, 11) is 2.07. The zero-order valence-corrected chi connectivity index (χ0v) is 26.1. The number of ether oxygens (including phenoxy) is 2. The van der Waals surface area contributed by atoms with Crippen LogP contribution in [0.2, 0.25) is 0 Å². The maximum atomic E-state index is 12.5. The number of likely N-dealkylation sites (N-methyl/N-ethyl adjacent to an activating group) is 1. The zero-order valence-electron chi connectivity index (χ0n) is 26.1. The van der Waals surface area contributed by atoms with E-state index in [0.29, 0.717) is 13.1 Å². The van der Waals surface area contributed by atoms with Crippen LogP contribution in [0, 0.1) is 5.92 Å². The van der Waals surface area contributed by atoms with Crippen molar-refractivity contribution in [2.75, 3.05) is 20.1 Å². The number of aliphatic hydroxyl groups is 1. The molecule has 4 unspecified atom stereocenters. The fraction of sp³-hybridized carbons (Fsp3) is 0.289. The summed E-state index contributed by atoms with van der Waals surface area (Å²) in [4.78, 5) is 14.7. The van der Waals surface area contributed by atoms with Gasteiger partial charge in [0.2, 0.25) is 0 Å². The smallest absolute Gasteiger partial charge is 0.315 e. The highest BCUT2D eigenvalue weighted by atomic mass is 16.7. The number of aliphatic hydroxyl groups excluding tert-OH is 1. The lowest BCUT2D eigenvalue weighted by molar-refractivity contribution is -0.275. The van der Waals surface area contributed by atoms with E-state index in [1.807, 2.05) is 78.9 Å². The molecule has 0 spiro atoms. The van der Waals surface area contributed by atoms with Gasteiger partial charge in [-0.3, -0.25) is 0 Å². The fourth-order valence-electron chi connectivity index (χ4n) is 5.72. The molecule has 7 nitrogen and oxygen atoms in total. The van der Waals surface area contributed by atoms with E-state index in [-0.39, 0.29) is 30.8 Å². The van der Waals surface area contributed by atoms with E-state index in [1.54, 1.807) is 0 Å². The normalized spacial score (nSPS) is 19.6. The largest absolute Gasteiger partial charge is 0.392 e. The van der Waals surface area contributed by atoms with Crippen molar-refractivity contribution in [1.29, 1.82) is 0 Å². The third kappa shape index (κ3) is 8.47. The number of amides is 2. The van der Waals surface area contributed by atoms with Crippen LogP contribution in [-0.2, 0) is 29.2 Å². The SMILES string of the molecule is C=CCN(C)CC1OC(c2ccc(-c3ccccc3CNC(=O)NCc3ccccc3)cc2)OC(c2ccc(CO)cc2)C1C. The monoisotopic (exact) mass is 605 g/mol. The molecule has 3 N–H and O–H groups in total. The van der Waals surface area contributed by atoms with Gasteiger partial charge in [0.25, 0.3) is 0 Å². The van der Waals surface area contributed by atoms with E-state index in [2.05, 4.69) is 66.4 Å². The molecule has 1 aliphatic rings. The molecule has 1 fully saturated rings. The maximum absolute atomic E-state index is 12.5. The summed E-state index contributed by atoms with van der Waals surface area (Å²) in [5, 5.41) is 15.4. The van der Waals surface area contributed by atoms with Gasteiger partial charge in [0.05, 0.1) is 18.8 Å². The first kappa shape index (κ1) is 32.1. The van der Waals surface area contributed by atoms with Crippen molar-refractivity contribution in [1.82, 2.24) is 15.5 Å². The van der Waals surface area contributed by atoms with Gasteiger partial charge in [0.15, 0.2) is 6.29 Å². The van der Waals surface area contributed by atoms with Crippen LogP contribution in [0.4, 0.5) is 4.79 Å². The Balaban J connectivity index is 1.30. The summed E-state index contributed by atoms with van der Waals surface area (Å²) in [5.74, 6) is 0.108. The van der Waals surface area contributed by atoms with E-state index in [0.717, 1.165) is 52.0 Å². The Morgan fingerprint density at radius 1 is 0.844 bits per heavy atom. The minimum Gasteiger partial charge on any atom is -0.392 e. The fourth-order valence-corrected chi connectivity index (χ4v) is 5.72. The number of nitrogens with one attached hydrogen (secondary N) is 2. The van der Waals surface area contributed by atoms with Crippen LogP contribution in [-0.4, -0.2) is 42.3 Å². The predicted molar refractivity (Wildman–Crippen MR) is 178 cm³/mol. The summed E-state index contributed by atoms with van der Waals surface area (Å²) in [6.45, 7) is 8.45. The van der Waals surface area contributed by atoms with E-state index in [1.165, 1.54) is 0 Å². The molecule has 0 bridgehead atoms. The van der Waals surface area contributed by atoms with Crippen LogP contribution in [0.5, 0.6) is 0 Å². The number of hydrogen-bond donors (Lipinski definition) is 3. The molecule has 4 aromatic rings. The number of nitrogens with zero attached hydrogens (tertiary/aromatic N) is 1. The van der Waals surface area contributed by atoms with Crippen LogP contribution in [0.15, 0.2) is 116 Å². The number of carbonyl (C=O) groups is 1. The van der Waals surface area contributed by atoms with Gasteiger partial charge in [-0.05, 0) is 40.4 Å². The van der Waals surface area contributed by atoms with Gasteiger partial charge in [-0.2, -0.15) is 0 Å². The van der Waals surface area contributed by atoms with Crippen molar-refractivity contribution in [3.8, 4) is 11.1 Å². The summed E-state index contributed by atoms with van der Waals surface area (Å²) < 4.78 is 13.2. The summed E-state index contributed by atoms with van der Waals surface area (Å²) >= 11 is 0. The molecule has 2 amide bonds. The zero-order chi connectivity index (χ0) is 31.6. The summed E-state index contributed by atoms with van der Waals surface area (Å²) in [5.41, 5.74) is 7.05. The lowest BCUT2D eigenvalue weighted by Gasteiger charge is -2.42. The summed E-state index contributed by atoms with van der Waals surface area (Å²) in [6.07, 6.45) is 1.13. The first-order chi connectivity index (χ1) is 21.9. The van der Waals surface area contributed by atoms with Crippen LogP contribution in [0.1, 0.15) is 47.1 Å². The standard InChI is InChI=1S/C38H43N3O4/c1-4-22-41(3)25-35-27(2)36(31-16-14-29(26-42)15-17-31)45-37(44-35)32-20-18-30(19-21-32)34-13-9-8-12-33(34)24-40-38(43)39-23-28-10-6-5-7-11-28/h4-21,27,35-37,42H,1,22-26H2,2-3H3,(H2,39,40,43). The number of rotatable bonds is 12. The second-order valence-electron chi connectivity index (χ2n) is 11.6. The van der Waals surface area contributed by atoms with E-state index < -0.39 is 6.29 Å². The van der Waals surface area contributed by atoms with Gasteiger partial charge in [0, 0.05) is 37.7 Å². The molecule has 1 heterocycles. The molecule has 0 saturated carbocycles. The van der Waals surface area contributed by atoms with E-state index in [9.17, 15) is 9.90 Å². The Labute approximate surface area is 266 Å². The van der Waals surface area contributed by atoms with Crippen LogP contribution < -0.4 is 10.6 Å². The van der Waals surface area contributed by atoms with Crippen LogP contribution in [0.25, 0.3) is 11.1 Å². The molecule has 4 aromatic carbocycles. The molecule has 4 atom stereocenters. The highest BCUT2D eigenvalue weighted by molar-refractivity contribution is 5.75. The number of carbonyl (C=O) groups excluding carboxylic acids is 1. The molecule has 1 aliphatic heterocycles. The highest BCUT2D eigenvalue weighted by Gasteiger charge is 2.38. The molecule has 7 heteroatoms. The second kappa shape index (κ2) is 15.6. The first-order valence-electron chi connectivity index (χ1n) is 15.5. The van der Waals surface area contributed by atoms with E-state index >= 15 is 0 Å². The van der Waals surface area contributed by atoms with Crippen molar-refractivity contribution < 1.29 is 19.4 Å². The summed E-state index contributed by atoms with van der Waals surface area (Å²) in [6, 6.07) is 34.0. The number of urea groups is 1. The Morgan fingerprint density at radius 3 is 2.22 bits per heavy atom. The molecular weight excluding hydrogens is 562 g/mol. The molecular formula is C38H43N3O4. The Hall–Kier alpha value is -4.27. The molecule has 0 aromatic heterocycles. The molecule has 5 rings (SSSR count). The second-order valence-corrected chi connectivity index (χ2v) is 11.6. The maximum Gasteiger partial charge on any atom is 0.315 e. The van der Waals surface area contributed by atoms with Crippen LogP contribution in [0.3, 0.4) is 0 Å². The van der Waals surface area contributed by atoms with Crippen molar-refractivity contribution in [2.45, 2.75) is 45.1 Å². The van der Waals surface area contributed by atoms with Crippen molar-refractivity contribution in [3.05, 3.63) is 144 Å². The molecule has 1 saturated heterocycles. The first-order valence-corrected chi connectivity index (χ1v) is 15.5. The van der Waals surface area contributed by atoms with Crippen molar-refractivity contribution in [3.63, 3.8) is 0 Å². The van der Waals surface area contributed by atoms with Gasteiger partial charge in [-0.25, -0.2) is 4.79 Å². The Kier molecular flexibility index (Phi) is 11.2. The minimum absolute atomic E-state index is 0.00899.